The van der Waals surface area contributed by atoms with Crippen LogP contribution in [0.25, 0.3) is 0 Å². The summed E-state index contributed by atoms with van der Waals surface area (Å²) in [6.07, 6.45) is 6.29. The number of hydrogen-bond donors (Lipinski definition) is 1. The van der Waals surface area contributed by atoms with Crippen LogP contribution < -0.4 is 0 Å². The van der Waals surface area contributed by atoms with Crippen LogP contribution in [0.1, 0.15) is 88.0 Å². The van der Waals surface area contributed by atoms with Crippen LogP contribution in [0, 0.1) is 0 Å². The van der Waals surface area contributed by atoms with Gasteiger partial charge in [0.15, 0.2) is 0 Å². The Morgan fingerprint density at radius 2 is 1.23 bits per heavy atom. The average Bonchev–Trinajstić information content (AvgIpc) is 2.37. The molecule has 138 valence electrons. The first-order chi connectivity index (χ1) is 10.2. The second-order valence-electron chi connectivity index (χ2n) is 5.18. The Morgan fingerprint density at radius 3 is 1.27 bits per heavy atom. The molecule has 0 aliphatic carbocycles. The molecule has 0 aromatic heterocycles. The Morgan fingerprint density at radius 1 is 0.909 bits per heavy atom. The fraction of sp³-hybridized carbons (Fsp3) is 0.944. The zero-order chi connectivity index (χ0) is 18.4. The highest BCUT2D eigenvalue weighted by molar-refractivity contribution is 5.65. The molecule has 0 amide bonds. The number of esters is 1. The first kappa shape index (κ1) is 29.4. The standard InChI is InChI=1S/C6H14O.C6H14.C4H8O2.C2H6O/c1-5(2)7-6(3)4;1-3-5-6-4-2;1-3-6-4(2)5;1-2-3/h5-6H,1-4H3;3-6H2,1-2H3;3H2,1-2H3;3H,2H2,1H3. The van der Waals surface area contributed by atoms with E-state index in [-0.39, 0.29) is 12.6 Å². The molecule has 4 heteroatoms. The summed E-state index contributed by atoms with van der Waals surface area (Å²) in [7, 11) is 0. The van der Waals surface area contributed by atoms with E-state index in [1.54, 1.807) is 13.8 Å². The van der Waals surface area contributed by atoms with Gasteiger partial charge >= 0.3 is 5.97 Å². The predicted octanol–water partition coefficient (Wildman–Crippen LogP) is 4.97. The number of carbonyl (C=O) groups excluding carboxylic acids is 1. The van der Waals surface area contributed by atoms with Gasteiger partial charge in [0.2, 0.25) is 0 Å². The van der Waals surface area contributed by atoms with E-state index in [9.17, 15) is 4.79 Å². The van der Waals surface area contributed by atoms with Crippen LogP contribution in [0.15, 0.2) is 0 Å². The zero-order valence-electron chi connectivity index (χ0n) is 16.6. The maximum absolute atomic E-state index is 9.82. The Kier molecular flexibility index (Phi) is 38.1. The van der Waals surface area contributed by atoms with E-state index in [2.05, 4.69) is 18.6 Å². The Hall–Kier alpha value is -0.610. The molecule has 0 unspecified atom stereocenters. The highest BCUT2D eigenvalue weighted by atomic mass is 16.5. The summed E-state index contributed by atoms with van der Waals surface area (Å²) in [6, 6.07) is 0. The lowest BCUT2D eigenvalue weighted by molar-refractivity contribution is -0.140. The minimum atomic E-state index is -0.211. The van der Waals surface area contributed by atoms with Gasteiger partial charge in [-0.05, 0) is 41.5 Å². The molecule has 0 atom stereocenters. The fourth-order valence-corrected chi connectivity index (χ4v) is 1.25. The molecule has 22 heavy (non-hydrogen) atoms. The summed E-state index contributed by atoms with van der Waals surface area (Å²) >= 11 is 0. The predicted molar refractivity (Wildman–Crippen MR) is 96.2 cm³/mol. The third-order valence-corrected chi connectivity index (χ3v) is 1.85. The van der Waals surface area contributed by atoms with Crippen molar-refractivity contribution in [1.29, 1.82) is 0 Å². The topological polar surface area (TPSA) is 55.8 Å². The van der Waals surface area contributed by atoms with Crippen molar-refractivity contribution in [1.82, 2.24) is 0 Å². The van der Waals surface area contributed by atoms with E-state index >= 15 is 0 Å². The SMILES string of the molecule is CC(C)OC(C)C.CCCCCC.CCO.CCOC(C)=O. The molecule has 0 heterocycles. The van der Waals surface area contributed by atoms with Gasteiger partial charge in [-0.15, -0.1) is 0 Å². The van der Waals surface area contributed by atoms with Crippen molar-refractivity contribution in [2.45, 2.75) is 100 Å². The molecule has 0 spiro atoms. The molecule has 0 rings (SSSR count). The van der Waals surface area contributed by atoms with Crippen LogP contribution >= 0.6 is 0 Å². The first-order valence-corrected chi connectivity index (χ1v) is 8.62. The minimum absolute atomic E-state index is 0.211. The molecule has 0 saturated carbocycles. The van der Waals surface area contributed by atoms with Gasteiger partial charge in [0, 0.05) is 13.5 Å². The molecule has 1 N–H and O–H groups in total. The van der Waals surface area contributed by atoms with Crippen LogP contribution in [-0.2, 0) is 14.3 Å². The van der Waals surface area contributed by atoms with E-state index in [0.29, 0.717) is 18.8 Å². The number of ether oxygens (including phenoxy) is 2. The highest BCUT2D eigenvalue weighted by Gasteiger charge is 1.94. The molecule has 0 aliphatic rings. The molecule has 0 aliphatic heterocycles. The van der Waals surface area contributed by atoms with E-state index in [1.807, 2.05) is 27.7 Å². The summed E-state index contributed by atoms with van der Waals surface area (Å²) in [4.78, 5) is 9.82. The minimum Gasteiger partial charge on any atom is -0.466 e. The largest absolute Gasteiger partial charge is 0.466 e. The summed E-state index contributed by atoms with van der Waals surface area (Å²) < 4.78 is 9.65. The van der Waals surface area contributed by atoms with E-state index < -0.39 is 0 Å². The van der Waals surface area contributed by atoms with Crippen molar-refractivity contribution in [2.75, 3.05) is 13.2 Å². The van der Waals surface area contributed by atoms with Gasteiger partial charge < -0.3 is 14.6 Å². The van der Waals surface area contributed by atoms with Crippen molar-refractivity contribution in [3.8, 4) is 0 Å². The van der Waals surface area contributed by atoms with Crippen molar-refractivity contribution < 1.29 is 19.4 Å². The lowest BCUT2D eigenvalue weighted by Gasteiger charge is -2.09. The van der Waals surface area contributed by atoms with E-state index in [0.717, 1.165) is 0 Å². The van der Waals surface area contributed by atoms with Gasteiger partial charge in [-0.25, -0.2) is 0 Å². The fourth-order valence-electron chi connectivity index (χ4n) is 1.25. The second-order valence-corrected chi connectivity index (χ2v) is 5.18. The van der Waals surface area contributed by atoms with Crippen LogP contribution in [0.2, 0.25) is 0 Å². The summed E-state index contributed by atoms with van der Waals surface area (Å²) in [5.74, 6) is -0.211. The number of hydrogen-bond acceptors (Lipinski definition) is 4. The third kappa shape index (κ3) is 74.4. The van der Waals surface area contributed by atoms with Gasteiger partial charge in [-0.1, -0.05) is 39.5 Å². The zero-order valence-corrected chi connectivity index (χ0v) is 16.6. The van der Waals surface area contributed by atoms with Crippen molar-refractivity contribution in [3.05, 3.63) is 0 Å². The molecule has 0 saturated heterocycles. The molecule has 0 aromatic carbocycles. The normalized spacial score (nSPS) is 8.91. The number of aliphatic hydroxyl groups is 1. The monoisotopic (exact) mass is 322 g/mol. The molecule has 0 bridgehead atoms. The quantitative estimate of drug-likeness (QED) is 0.554. The Balaban J connectivity index is -0.000000102. The number of carbonyl (C=O) groups is 1. The maximum Gasteiger partial charge on any atom is 0.302 e. The molecule has 0 aromatic rings. The van der Waals surface area contributed by atoms with Gasteiger partial charge in [0.25, 0.3) is 0 Å². The van der Waals surface area contributed by atoms with Crippen molar-refractivity contribution >= 4 is 5.97 Å². The van der Waals surface area contributed by atoms with E-state index in [1.165, 1.54) is 32.6 Å². The van der Waals surface area contributed by atoms with Crippen molar-refractivity contribution in [3.63, 3.8) is 0 Å². The summed E-state index contributed by atoms with van der Waals surface area (Å²) in [5, 5.41) is 7.57. The van der Waals surface area contributed by atoms with E-state index in [4.69, 9.17) is 9.84 Å². The van der Waals surface area contributed by atoms with Crippen molar-refractivity contribution in [2.24, 2.45) is 0 Å². The first-order valence-electron chi connectivity index (χ1n) is 8.62. The second kappa shape index (κ2) is 28.5. The lowest BCUT2D eigenvalue weighted by Crippen LogP contribution is -2.09. The molecular formula is C18H42O4. The molecular weight excluding hydrogens is 280 g/mol. The number of rotatable bonds is 6. The number of aliphatic hydroxyl groups excluding tert-OH is 1. The summed E-state index contributed by atoms with van der Waals surface area (Å²) in [6.45, 7) is 18.2. The smallest absolute Gasteiger partial charge is 0.302 e. The average molecular weight is 323 g/mol. The lowest BCUT2D eigenvalue weighted by atomic mass is 10.2. The maximum atomic E-state index is 9.82. The van der Waals surface area contributed by atoms with Gasteiger partial charge in [-0.2, -0.15) is 0 Å². The Labute approximate surface area is 139 Å². The van der Waals surface area contributed by atoms with Gasteiger partial charge in [0.05, 0.1) is 18.8 Å². The third-order valence-electron chi connectivity index (χ3n) is 1.85. The van der Waals surface area contributed by atoms with Crippen LogP contribution in [0.4, 0.5) is 0 Å². The van der Waals surface area contributed by atoms with Gasteiger partial charge in [-0.3, -0.25) is 4.79 Å². The van der Waals surface area contributed by atoms with Crippen LogP contribution in [0.3, 0.4) is 0 Å². The summed E-state index contributed by atoms with van der Waals surface area (Å²) in [5.41, 5.74) is 0. The molecule has 4 nitrogen and oxygen atoms in total. The van der Waals surface area contributed by atoms with Crippen LogP contribution in [-0.4, -0.2) is 36.5 Å². The Bertz CT molecular complexity index is 170. The van der Waals surface area contributed by atoms with Crippen LogP contribution in [0.5, 0.6) is 0 Å². The molecule has 0 radical (unpaired) electrons. The van der Waals surface area contributed by atoms with Gasteiger partial charge in [0.1, 0.15) is 0 Å². The highest BCUT2D eigenvalue weighted by Crippen LogP contribution is 1.95. The number of unbranched alkanes of at least 4 members (excludes halogenated alkanes) is 3. The molecule has 0 fully saturated rings.